The fourth-order valence-corrected chi connectivity index (χ4v) is 5.71. The summed E-state index contributed by atoms with van der Waals surface area (Å²) < 4.78 is 13.7. The lowest BCUT2D eigenvalue weighted by atomic mass is 9.73. The second kappa shape index (κ2) is 8.99. The van der Waals surface area contributed by atoms with Crippen LogP contribution < -0.4 is 4.90 Å². The Morgan fingerprint density at radius 2 is 1.67 bits per heavy atom. The third-order valence-electron chi connectivity index (χ3n) is 7.76. The summed E-state index contributed by atoms with van der Waals surface area (Å²) in [6.45, 7) is 4.61. The Labute approximate surface area is 211 Å². The van der Waals surface area contributed by atoms with Crippen molar-refractivity contribution in [3.8, 4) is 11.1 Å². The van der Waals surface area contributed by atoms with Crippen LogP contribution in [0.3, 0.4) is 0 Å². The monoisotopic (exact) mass is 477 g/mol. The topological polar surface area (TPSA) is 36.4 Å². The molecule has 1 amide bonds. The van der Waals surface area contributed by atoms with Crippen molar-refractivity contribution in [2.45, 2.75) is 31.7 Å². The van der Waals surface area contributed by atoms with Crippen LogP contribution in [0.1, 0.15) is 29.7 Å². The number of hydrogen-bond donors (Lipinski definition) is 0. The predicted molar refractivity (Wildman–Crippen MR) is 141 cm³/mol. The molecule has 36 heavy (non-hydrogen) atoms. The number of aryl methyl sites for hydroxylation is 1. The number of fused-ring (bicyclic) bond motifs is 2. The summed E-state index contributed by atoms with van der Waals surface area (Å²) in [5, 5.41) is 0. The van der Waals surface area contributed by atoms with E-state index in [0.29, 0.717) is 0 Å². The van der Waals surface area contributed by atoms with Crippen LogP contribution in [0, 0.1) is 12.7 Å². The Bertz CT molecular complexity index is 1420. The summed E-state index contributed by atoms with van der Waals surface area (Å²) in [4.78, 5) is 23.0. The molecule has 1 saturated heterocycles. The van der Waals surface area contributed by atoms with E-state index in [9.17, 15) is 9.18 Å². The zero-order chi connectivity index (χ0) is 24.7. The summed E-state index contributed by atoms with van der Waals surface area (Å²) in [5.41, 5.74) is 6.48. The molecule has 180 valence electrons. The van der Waals surface area contributed by atoms with E-state index in [1.807, 2.05) is 65.7 Å². The SMILES string of the molecule is Cc1cccnc1CN1CCC2(CC1)C(=O)N(c1ccc(-c3cccc(F)c3)cc1)c1ccccc12. The summed E-state index contributed by atoms with van der Waals surface area (Å²) in [6, 6.07) is 26.7. The summed E-state index contributed by atoms with van der Waals surface area (Å²) >= 11 is 0. The van der Waals surface area contributed by atoms with Gasteiger partial charge < -0.3 is 0 Å². The number of para-hydroxylation sites is 1. The van der Waals surface area contributed by atoms with Gasteiger partial charge in [-0.2, -0.15) is 0 Å². The fraction of sp³-hybridized carbons (Fsp3) is 0.226. The van der Waals surface area contributed by atoms with Crippen LogP contribution in [0.5, 0.6) is 0 Å². The van der Waals surface area contributed by atoms with Crippen LogP contribution in [0.25, 0.3) is 11.1 Å². The van der Waals surface area contributed by atoms with Gasteiger partial charge >= 0.3 is 0 Å². The van der Waals surface area contributed by atoms with E-state index in [-0.39, 0.29) is 11.7 Å². The lowest BCUT2D eigenvalue weighted by molar-refractivity contribution is -0.124. The normalized spacial score (nSPS) is 16.9. The first kappa shape index (κ1) is 22.6. The molecule has 3 aromatic carbocycles. The molecule has 0 aliphatic carbocycles. The van der Waals surface area contributed by atoms with E-state index >= 15 is 0 Å². The van der Waals surface area contributed by atoms with Crippen molar-refractivity contribution >= 4 is 17.3 Å². The van der Waals surface area contributed by atoms with Crippen LogP contribution in [-0.2, 0) is 16.8 Å². The van der Waals surface area contributed by atoms with Gasteiger partial charge in [-0.3, -0.25) is 19.6 Å². The highest BCUT2D eigenvalue weighted by atomic mass is 19.1. The molecule has 5 heteroatoms. The average Bonchev–Trinajstić information content (AvgIpc) is 3.14. The molecule has 6 rings (SSSR count). The zero-order valence-electron chi connectivity index (χ0n) is 20.3. The molecule has 2 aliphatic heterocycles. The second-order valence-corrected chi connectivity index (χ2v) is 9.84. The van der Waals surface area contributed by atoms with Gasteiger partial charge in [0.05, 0.1) is 16.8 Å². The van der Waals surface area contributed by atoms with Gasteiger partial charge in [-0.25, -0.2) is 4.39 Å². The molecule has 0 atom stereocenters. The van der Waals surface area contributed by atoms with Gasteiger partial charge in [0, 0.05) is 18.4 Å². The third-order valence-corrected chi connectivity index (χ3v) is 7.76. The summed E-state index contributed by atoms with van der Waals surface area (Å²) in [5.74, 6) is -0.109. The Kier molecular flexibility index (Phi) is 5.65. The fourth-order valence-electron chi connectivity index (χ4n) is 5.71. The molecular weight excluding hydrogens is 449 g/mol. The minimum absolute atomic E-state index is 0.149. The number of likely N-dealkylation sites (tertiary alicyclic amines) is 1. The molecule has 4 aromatic rings. The lowest BCUT2D eigenvalue weighted by Gasteiger charge is -2.38. The van der Waals surface area contributed by atoms with Crippen molar-refractivity contribution in [1.82, 2.24) is 9.88 Å². The number of carbonyl (C=O) groups excluding carboxylic acids is 1. The number of piperidine rings is 1. The quantitative estimate of drug-likeness (QED) is 0.341. The van der Waals surface area contributed by atoms with Crippen molar-refractivity contribution in [2.75, 3.05) is 18.0 Å². The number of anilines is 2. The molecule has 3 heterocycles. The maximum absolute atomic E-state index is 14.1. The number of rotatable bonds is 4. The maximum Gasteiger partial charge on any atom is 0.242 e. The molecule has 1 spiro atoms. The Morgan fingerprint density at radius 1 is 0.889 bits per heavy atom. The summed E-state index contributed by atoms with van der Waals surface area (Å²) in [7, 11) is 0. The number of benzene rings is 3. The third kappa shape index (κ3) is 3.80. The van der Waals surface area contributed by atoms with E-state index in [1.165, 1.54) is 17.7 Å². The van der Waals surface area contributed by atoms with Crippen LogP contribution in [-0.4, -0.2) is 28.9 Å². The van der Waals surface area contributed by atoms with Crippen LogP contribution in [0.4, 0.5) is 15.8 Å². The van der Waals surface area contributed by atoms with E-state index in [1.54, 1.807) is 6.07 Å². The standard InChI is InChI=1S/C31H28FN3O/c1-22-6-5-17-33-28(22)21-34-18-15-31(16-19-34)27-9-2-3-10-29(27)35(30(31)36)26-13-11-23(12-14-26)24-7-4-8-25(32)20-24/h2-14,17,20H,15-16,18-19,21H2,1H3. The molecule has 0 N–H and O–H groups in total. The number of pyridine rings is 1. The lowest BCUT2D eigenvalue weighted by Crippen LogP contribution is -2.47. The van der Waals surface area contributed by atoms with Gasteiger partial charge in [0.2, 0.25) is 5.91 Å². The Balaban J connectivity index is 1.27. The maximum atomic E-state index is 14.1. The highest BCUT2D eigenvalue weighted by Gasteiger charge is 2.52. The number of aromatic nitrogens is 1. The van der Waals surface area contributed by atoms with Gasteiger partial charge in [0.15, 0.2) is 0 Å². The molecule has 1 fully saturated rings. The highest BCUT2D eigenvalue weighted by Crippen LogP contribution is 2.50. The van der Waals surface area contributed by atoms with E-state index in [2.05, 4.69) is 28.9 Å². The predicted octanol–water partition coefficient (Wildman–Crippen LogP) is 6.41. The summed E-state index contributed by atoms with van der Waals surface area (Å²) in [6.07, 6.45) is 3.42. The zero-order valence-corrected chi connectivity index (χ0v) is 20.3. The number of hydrogen-bond acceptors (Lipinski definition) is 3. The first-order valence-corrected chi connectivity index (χ1v) is 12.5. The molecule has 4 nitrogen and oxygen atoms in total. The van der Waals surface area contributed by atoms with E-state index in [4.69, 9.17) is 0 Å². The molecular formula is C31H28FN3O. The van der Waals surface area contributed by atoms with Crippen LogP contribution in [0.15, 0.2) is 91.1 Å². The van der Waals surface area contributed by atoms with Gasteiger partial charge in [0.25, 0.3) is 0 Å². The van der Waals surface area contributed by atoms with Crippen molar-refractivity contribution in [3.63, 3.8) is 0 Å². The highest BCUT2D eigenvalue weighted by molar-refractivity contribution is 6.13. The van der Waals surface area contributed by atoms with Gasteiger partial charge in [-0.1, -0.05) is 48.5 Å². The van der Waals surface area contributed by atoms with Crippen LogP contribution >= 0.6 is 0 Å². The second-order valence-electron chi connectivity index (χ2n) is 9.84. The Hall–Kier alpha value is -3.83. The first-order chi connectivity index (χ1) is 17.5. The Morgan fingerprint density at radius 3 is 2.42 bits per heavy atom. The number of nitrogens with zero attached hydrogens (tertiary/aromatic N) is 3. The first-order valence-electron chi connectivity index (χ1n) is 12.5. The van der Waals surface area contributed by atoms with Crippen molar-refractivity contribution in [2.24, 2.45) is 0 Å². The van der Waals surface area contributed by atoms with Gasteiger partial charge in [-0.15, -0.1) is 0 Å². The van der Waals surface area contributed by atoms with Gasteiger partial charge in [0.1, 0.15) is 5.82 Å². The molecule has 1 aromatic heterocycles. The smallest absolute Gasteiger partial charge is 0.242 e. The molecule has 2 aliphatic rings. The van der Waals surface area contributed by atoms with Crippen LogP contribution in [0.2, 0.25) is 0 Å². The minimum atomic E-state index is -0.506. The number of amides is 1. The van der Waals surface area contributed by atoms with Crippen molar-refractivity contribution in [3.05, 3.63) is 114 Å². The van der Waals surface area contributed by atoms with Gasteiger partial charge in [-0.05, 0) is 91.5 Å². The minimum Gasteiger partial charge on any atom is -0.297 e. The molecule has 0 radical (unpaired) electrons. The molecule has 0 bridgehead atoms. The van der Waals surface area contributed by atoms with Crippen molar-refractivity contribution in [1.29, 1.82) is 0 Å². The van der Waals surface area contributed by atoms with Crippen molar-refractivity contribution < 1.29 is 9.18 Å². The molecule has 0 saturated carbocycles. The average molecular weight is 478 g/mol. The number of carbonyl (C=O) groups is 1. The van der Waals surface area contributed by atoms with E-state index < -0.39 is 5.41 Å². The molecule has 0 unspecified atom stereocenters. The van der Waals surface area contributed by atoms with E-state index in [0.717, 1.165) is 66.2 Å². The largest absolute Gasteiger partial charge is 0.297 e. The number of halogens is 1.